The molecule has 1 unspecified atom stereocenters. The topological polar surface area (TPSA) is 53.5 Å². The first-order valence-corrected chi connectivity index (χ1v) is 9.18. The lowest BCUT2D eigenvalue weighted by Gasteiger charge is -2.39. The van der Waals surface area contributed by atoms with Gasteiger partial charge < -0.3 is 9.80 Å². The van der Waals surface area contributed by atoms with Crippen LogP contribution in [0.3, 0.4) is 0 Å². The van der Waals surface area contributed by atoms with E-state index in [-0.39, 0.29) is 11.8 Å². The Morgan fingerprint density at radius 1 is 1.08 bits per heavy atom. The number of carbonyl (C=O) groups excluding carboxylic acids is 2. The second-order valence-corrected chi connectivity index (χ2v) is 7.34. The monoisotopic (exact) mass is 349 g/mol. The van der Waals surface area contributed by atoms with Crippen LogP contribution in [0, 0.1) is 12.3 Å². The van der Waals surface area contributed by atoms with Crippen LogP contribution in [0.2, 0.25) is 0 Å². The summed E-state index contributed by atoms with van der Waals surface area (Å²) in [5.41, 5.74) is 1.99. The van der Waals surface area contributed by atoms with Crippen molar-refractivity contribution in [2.75, 3.05) is 24.5 Å². The van der Waals surface area contributed by atoms with Crippen molar-refractivity contribution in [1.82, 2.24) is 9.88 Å². The number of aromatic nitrogens is 1. The van der Waals surface area contributed by atoms with Crippen molar-refractivity contribution >= 4 is 17.5 Å². The molecule has 2 fully saturated rings. The number of benzene rings is 1. The van der Waals surface area contributed by atoms with Crippen LogP contribution in [0.15, 0.2) is 48.7 Å². The zero-order valence-corrected chi connectivity index (χ0v) is 15.0. The van der Waals surface area contributed by atoms with Crippen LogP contribution in [0.4, 0.5) is 5.69 Å². The van der Waals surface area contributed by atoms with Crippen LogP contribution in [0.1, 0.15) is 35.3 Å². The first-order chi connectivity index (χ1) is 12.6. The Labute approximate surface area is 153 Å². The molecule has 1 aromatic heterocycles. The number of piperidine rings is 1. The molecule has 0 bridgehead atoms. The number of hydrogen-bond acceptors (Lipinski definition) is 3. The summed E-state index contributed by atoms with van der Waals surface area (Å²) in [4.78, 5) is 34.0. The third-order valence-electron chi connectivity index (χ3n) is 5.60. The third-order valence-corrected chi connectivity index (χ3v) is 5.60. The van der Waals surface area contributed by atoms with Crippen LogP contribution < -0.4 is 4.90 Å². The molecule has 0 saturated carbocycles. The molecule has 2 saturated heterocycles. The average molecular weight is 349 g/mol. The zero-order valence-electron chi connectivity index (χ0n) is 15.0. The summed E-state index contributed by atoms with van der Waals surface area (Å²) < 4.78 is 0. The predicted molar refractivity (Wildman–Crippen MR) is 100.0 cm³/mol. The quantitative estimate of drug-likeness (QED) is 0.837. The molecule has 1 atom stereocenters. The highest BCUT2D eigenvalue weighted by molar-refractivity contribution is 6.01. The van der Waals surface area contributed by atoms with Gasteiger partial charge in [-0.3, -0.25) is 14.6 Å². The first kappa shape index (κ1) is 16.8. The highest BCUT2D eigenvalue weighted by Crippen LogP contribution is 2.42. The van der Waals surface area contributed by atoms with Crippen molar-refractivity contribution in [3.8, 4) is 0 Å². The molecule has 0 aliphatic carbocycles. The lowest BCUT2D eigenvalue weighted by molar-refractivity contribution is -0.127. The number of hydrogen-bond donors (Lipinski definition) is 0. The van der Waals surface area contributed by atoms with Crippen LogP contribution in [-0.4, -0.2) is 41.3 Å². The smallest absolute Gasteiger partial charge is 0.255 e. The standard InChI is InChI=1S/C21H23N3O2/c1-16-8-9-17(14-22-16)19(25)23-12-5-10-21(15-23)11-13-24(20(21)26)18-6-3-2-4-7-18/h2-4,6-9,14H,5,10-13,15H2,1H3. The number of carbonyl (C=O) groups is 2. The van der Waals surface area contributed by atoms with Gasteiger partial charge >= 0.3 is 0 Å². The summed E-state index contributed by atoms with van der Waals surface area (Å²) in [5, 5.41) is 0. The van der Waals surface area contributed by atoms with E-state index >= 15 is 0 Å². The molecule has 1 spiro atoms. The summed E-state index contributed by atoms with van der Waals surface area (Å²) in [6, 6.07) is 13.5. The van der Waals surface area contributed by atoms with Gasteiger partial charge in [0.1, 0.15) is 0 Å². The van der Waals surface area contributed by atoms with Crippen molar-refractivity contribution in [1.29, 1.82) is 0 Å². The Balaban J connectivity index is 1.54. The van der Waals surface area contributed by atoms with Crippen LogP contribution in [0.25, 0.3) is 0 Å². The maximum Gasteiger partial charge on any atom is 0.255 e. The first-order valence-electron chi connectivity index (χ1n) is 9.18. The zero-order chi connectivity index (χ0) is 18.1. The Morgan fingerprint density at radius 3 is 2.62 bits per heavy atom. The fourth-order valence-electron chi connectivity index (χ4n) is 4.14. The lowest BCUT2D eigenvalue weighted by atomic mass is 9.78. The van der Waals surface area contributed by atoms with E-state index in [0.29, 0.717) is 18.7 Å². The molecule has 2 aromatic rings. The van der Waals surface area contributed by atoms with Gasteiger partial charge in [0, 0.05) is 37.2 Å². The summed E-state index contributed by atoms with van der Waals surface area (Å²) in [7, 11) is 0. The van der Waals surface area contributed by atoms with Gasteiger partial charge in [-0.05, 0) is 50.5 Å². The Morgan fingerprint density at radius 2 is 1.88 bits per heavy atom. The molecule has 26 heavy (non-hydrogen) atoms. The lowest BCUT2D eigenvalue weighted by Crippen LogP contribution is -2.50. The van der Waals surface area contributed by atoms with E-state index < -0.39 is 5.41 Å². The Kier molecular flexibility index (Phi) is 4.23. The second-order valence-electron chi connectivity index (χ2n) is 7.34. The molecule has 134 valence electrons. The maximum atomic E-state index is 13.2. The minimum atomic E-state index is -0.443. The normalized spacial score (nSPS) is 22.9. The van der Waals surface area contributed by atoms with Gasteiger partial charge in [-0.15, -0.1) is 0 Å². The minimum Gasteiger partial charge on any atom is -0.338 e. The summed E-state index contributed by atoms with van der Waals surface area (Å²) >= 11 is 0. The van der Waals surface area contributed by atoms with Crippen LogP contribution in [-0.2, 0) is 4.79 Å². The summed E-state index contributed by atoms with van der Waals surface area (Å²) in [6.45, 7) is 3.82. The molecule has 2 aliphatic rings. The van der Waals surface area contributed by atoms with Crippen molar-refractivity contribution in [2.24, 2.45) is 5.41 Å². The average Bonchev–Trinajstić information content (AvgIpc) is 2.98. The number of nitrogens with zero attached hydrogens (tertiary/aromatic N) is 3. The Bertz CT molecular complexity index is 819. The van der Waals surface area contributed by atoms with Gasteiger partial charge in [0.05, 0.1) is 11.0 Å². The second kappa shape index (κ2) is 6.56. The van der Waals surface area contributed by atoms with E-state index in [4.69, 9.17) is 0 Å². The van der Waals surface area contributed by atoms with Crippen molar-refractivity contribution in [3.63, 3.8) is 0 Å². The van der Waals surface area contributed by atoms with E-state index in [1.165, 1.54) is 0 Å². The molecule has 5 heteroatoms. The van der Waals surface area contributed by atoms with Gasteiger partial charge in [0.2, 0.25) is 5.91 Å². The molecule has 1 aromatic carbocycles. The molecule has 4 rings (SSSR count). The number of anilines is 1. The molecule has 5 nitrogen and oxygen atoms in total. The SMILES string of the molecule is Cc1ccc(C(=O)N2CCCC3(CCN(c4ccccc4)C3=O)C2)cn1. The van der Waals surface area contributed by atoms with E-state index in [0.717, 1.165) is 37.2 Å². The van der Waals surface area contributed by atoms with Crippen molar-refractivity contribution in [2.45, 2.75) is 26.2 Å². The third kappa shape index (κ3) is 2.87. The maximum absolute atomic E-state index is 13.2. The van der Waals surface area contributed by atoms with Gasteiger partial charge in [-0.25, -0.2) is 0 Å². The van der Waals surface area contributed by atoms with Crippen molar-refractivity contribution in [3.05, 3.63) is 59.9 Å². The van der Waals surface area contributed by atoms with Gasteiger partial charge in [-0.2, -0.15) is 0 Å². The van der Waals surface area contributed by atoms with Gasteiger partial charge in [0.15, 0.2) is 0 Å². The number of amides is 2. The van der Waals surface area contributed by atoms with Crippen LogP contribution in [0.5, 0.6) is 0 Å². The van der Waals surface area contributed by atoms with Gasteiger partial charge in [-0.1, -0.05) is 18.2 Å². The van der Waals surface area contributed by atoms with E-state index in [1.807, 2.05) is 59.2 Å². The summed E-state index contributed by atoms with van der Waals surface area (Å²) in [5.74, 6) is 0.130. The number of aryl methyl sites for hydroxylation is 1. The predicted octanol–water partition coefficient (Wildman–Crippen LogP) is 3.05. The van der Waals surface area contributed by atoms with E-state index in [9.17, 15) is 9.59 Å². The molecular weight excluding hydrogens is 326 g/mol. The highest BCUT2D eigenvalue weighted by Gasteiger charge is 2.50. The molecule has 0 radical (unpaired) electrons. The van der Waals surface area contributed by atoms with Crippen molar-refractivity contribution < 1.29 is 9.59 Å². The fraction of sp³-hybridized carbons (Fsp3) is 0.381. The number of likely N-dealkylation sites (tertiary alicyclic amines) is 1. The minimum absolute atomic E-state index is 0.0254. The Hall–Kier alpha value is -2.69. The highest BCUT2D eigenvalue weighted by atomic mass is 16.2. The molecule has 2 amide bonds. The number of pyridine rings is 1. The largest absolute Gasteiger partial charge is 0.338 e. The molecule has 0 N–H and O–H groups in total. The number of rotatable bonds is 2. The molecule has 3 heterocycles. The van der Waals surface area contributed by atoms with E-state index in [2.05, 4.69) is 4.98 Å². The molecular formula is C21H23N3O2. The molecule has 2 aliphatic heterocycles. The fourth-order valence-corrected chi connectivity index (χ4v) is 4.14. The van der Waals surface area contributed by atoms with E-state index in [1.54, 1.807) is 6.20 Å². The van der Waals surface area contributed by atoms with Crippen LogP contribution >= 0.6 is 0 Å². The number of para-hydroxylation sites is 1. The van der Waals surface area contributed by atoms with Gasteiger partial charge in [0.25, 0.3) is 5.91 Å². The summed E-state index contributed by atoms with van der Waals surface area (Å²) in [6.07, 6.45) is 4.15.